The Morgan fingerprint density at radius 3 is 2.35 bits per heavy atom. The van der Waals surface area contributed by atoms with Gasteiger partial charge in [0, 0.05) is 18.7 Å². The summed E-state index contributed by atoms with van der Waals surface area (Å²) in [6.45, 7) is 2.10. The number of aromatic hydroxyl groups is 1. The number of amides is 2. The van der Waals surface area contributed by atoms with Gasteiger partial charge in [0.1, 0.15) is 11.5 Å². The summed E-state index contributed by atoms with van der Waals surface area (Å²) in [4.78, 5) is 24.0. The summed E-state index contributed by atoms with van der Waals surface area (Å²) in [5, 5.41) is 15.2. The number of rotatable bonds is 7. The molecular formula is C18H18Cl2N2O4. The first-order valence-corrected chi connectivity index (χ1v) is 8.59. The number of hydrogen-bond acceptors (Lipinski definition) is 4. The second kappa shape index (κ2) is 9.31. The summed E-state index contributed by atoms with van der Waals surface area (Å²) in [5.41, 5.74) is 0.384. The fourth-order valence-electron chi connectivity index (χ4n) is 2.03. The van der Waals surface area contributed by atoms with Crippen molar-refractivity contribution >= 4 is 35.0 Å². The fourth-order valence-corrected chi connectivity index (χ4v) is 2.33. The zero-order chi connectivity index (χ0) is 19.1. The maximum Gasteiger partial charge on any atom is 0.260 e. The van der Waals surface area contributed by atoms with E-state index >= 15 is 0 Å². The van der Waals surface area contributed by atoms with Crippen LogP contribution < -0.4 is 15.4 Å². The second-order valence-corrected chi connectivity index (χ2v) is 6.24. The number of hydrogen-bond donors (Lipinski definition) is 3. The summed E-state index contributed by atoms with van der Waals surface area (Å²) < 4.78 is 5.47. The average molecular weight is 397 g/mol. The van der Waals surface area contributed by atoms with Crippen LogP contribution in [-0.2, 0) is 4.79 Å². The normalized spacial score (nSPS) is 11.5. The monoisotopic (exact) mass is 396 g/mol. The van der Waals surface area contributed by atoms with Gasteiger partial charge in [0.05, 0.1) is 10.0 Å². The highest BCUT2D eigenvalue weighted by Gasteiger charge is 2.14. The highest BCUT2D eigenvalue weighted by Crippen LogP contribution is 2.22. The first kappa shape index (κ1) is 19.9. The molecule has 2 aromatic rings. The van der Waals surface area contributed by atoms with Crippen molar-refractivity contribution in [1.29, 1.82) is 0 Å². The number of benzene rings is 2. The Labute approximate surface area is 161 Å². The minimum absolute atomic E-state index is 0.118. The van der Waals surface area contributed by atoms with Crippen molar-refractivity contribution in [2.45, 2.75) is 13.0 Å². The standard InChI is InChI=1S/C18H18Cl2N2O4/c1-11(26-14-5-3-13(23)4-6-14)17(24)21-8-9-22-18(25)12-2-7-15(19)16(20)10-12/h2-7,10-11,23H,8-9H2,1H3,(H,21,24)(H,22,25). The molecule has 0 bridgehead atoms. The molecule has 2 aromatic carbocycles. The van der Waals surface area contributed by atoms with Crippen molar-refractivity contribution in [3.05, 3.63) is 58.1 Å². The lowest BCUT2D eigenvalue weighted by Gasteiger charge is -2.15. The smallest absolute Gasteiger partial charge is 0.260 e. The van der Waals surface area contributed by atoms with Gasteiger partial charge >= 0.3 is 0 Å². The van der Waals surface area contributed by atoms with Gasteiger partial charge in [-0.25, -0.2) is 0 Å². The van der Waals surface area contributed by atoms with Gasteiger partial charge in [-0.15, -0.1) is 0 Å². The highest BCUT2D eigenvalue weighted by molar-refractivity contribution is 6.42. The molecule has 0 saturated heterocycles. The third kappa shape index (κ3) is 5.82. The summed E-state index contributed by atoms with van der Waals surface area (Å²) >= 11 is 11.7. The Kier molecular flexibility index (Phi) is 7.12. The molecule has 138 valence electrons. The quantitative estimate of drug-likeness (QED) is 0.627. The molecule has 0 saturated carbocycles. The van der Waals surface area contributed by atoms with E-state index in [2.05, 4.69) is 10.6 Å². The van der Waals surface area contributed by atoms with E-state index in [4.69, 9.17) is 27.9 Å². The van der Waals surface area contributed by atoms with E-state index in [-0.39, 0.29) is 30.7 Å². The predicted octanol–water partition coefficient (Wildman–Crippen LogP) is 3.01. The summed E-state index contributed by atoms with van der Waals surface area (Å²) in [6.07, 6.45) is -0.717. The van der Waals surface area contributed by atoms with E-state index in [1.807, 2.05) is 0 Å². The Bertz CT molecular complexity index is 781. The third-order valence-electron chi connectivity index (χ3n) is 3.41. The molecule has 0 heterocycles. The number of carbonyl (C=O) groups excluding carboxylic acids is 2. The zero-order valence-electron chi connectivity index (χ0n) is 14.0. The van der Waals surface area contributed by atoms with Gasteiger partial charge in [-0.2, -0.15) is 0 Å². The lowest BCUT2D eigenvalue weighted by molar-refractivity contribution is -0.127. The van der Waals surface area contributed by atoms with Gasteiger partial charge in [0.2, 0.25) is 0 Å². The number of ether oxygens (including phenoxy) is 1. The molecule has 0 aliphatic heterocycles. The molecule has 3 N–H and O–H groups in total. The molecule has 0 aliphatic rings. The minimum atomic E-state index is -0.717. The highest BCUT2D eigenvalue weighted by atomic mass is 35.5. The Morgan fingerprint density at radius 2 is 1.69 bits per heavy atom. The van der Waals surface area contributed by atoms with Gasteiger partial charge in [-0.05, 0) is 49.4 Å². The van der Waals surface area contributed by atoms with Crippen molar-refractivity contribution in [3.8, 4) is 11.5 Å². The maximum atomic E-state index is 12.0. The van der Waals surface area contributed by atoms with Crippen molar-refractivity contribution in [3.63, 3.8) is 0 Å². The fraction of sp³-hybridized carbons (Fsp3) is 0.222. The van der Waals surface area contributed by atoms with Crippen LogP contribution in [0.1, 0.15) is 17.3 Å². The molecular weight excluding hydrogens is 379 g/mol. The topological polar surface area (TPSA) is 87.7 Å². The van der Waals surface area contributed by atoms with Gasteiger partial charge in [-0.1, -0.05) is 23.2 Å². The molecule has 0 aliphatic carbocycles. The molecule has 1 unspecified atom stereocenters. The minimum Gasteiger partial charge on any atom is -0.508 e. The van der Waals surface area contributed by atoms with Gasteiger partial charge in [-0.3, -0.25) is 9.59 Å². The summed E-state index contributed by atoms with van der Waals surface area (Å²) in [7, 11) is 0. The van der Waals surface area contributed by atoms with Crippen molar-refractivity contribution in [1.82, 2.24) is 10.6 Å². The van der Waals surface area contributed by atoms with Crippen LogP contribution in [0.5, 0.6) is 11.5 Å². The molecule has 0 aromatic heterocycles. The zero-order valence-corrected chi connectivity index (χ0v) is 15.5. The third-order valence-corrected chi connectivity index (χ3v) is 4.15. The molecule has 0 spiro atoms. The van der Waals surface area contributed by atoms with Gasteiger partial charge < -0.3 is 20.5 Å². The first-order chi connectivity index (χ1) is 12.4. The first-order valence-electron chi connectivity index (χ1n) is 7.83. The molecule has 0 fully saturated rings. The Balaban J connectivity index is 1.72. The van der Waals surface area contributed by atoms with Crippen LogP contribution in [0, 0.1) is 0 Å². The molecule has 1 atom stereocenters. The van der Waals surface area contributed by atoms with Crippen LogP contribution in [0.15, 0.2) is 42.5 Å². The number of nitrogens with one attached hydrogen (secondary N) is 2. The number of carbonyl (C=O) groups is 2. The van der Waals surface area contributed by atoms with Crippen LogP contribution in [0.4, 0.5) is 0 Å². The van der Waals surface area contributed by atoms with Crippen LogP contribution >= 0.6 is 23.2 Å². The average Bonchev–Trinajstić information content (AvgIpc) is 2.62. The Morgan fingerprint density at radius 1 is 1.04 bits per heavy atom. The predicted molar refractivity (Wildman–Crippen MR) is 100 cm³/mol. The number of phenolic OH excluding ortho intramolecular Hbond substituents is 1. The second-order valence-electron chi connectivity index (χ2n) is 5.43. The van der Waals surface area contributed by atoms with E-state index < -0.39 is 6.10 Å². The Hall–Kier alpha value is -2.44. The van der Waals surface area contributed by atoms with Crippen LogP contribution in [0.2, 0.25) is 10.0 Å². The molecule has 2 amide bonds. The molecule has 2 rings (SSSR count). The van der Waals surface area contributed by atoms with Crippen molar-refractivity contribution in [2.75, 3.05) is 13.1 Å². The summed E-state index contributed by atoms with van der Waals surface area (Å²) in [6, 6.07) is 10.7. The van der Waals surface area contributed by atoms with Gasteiger partial charge in [0.15, 0.2) is 6.10 Å². The largest absolute Gasteiger partial charge is 0.508 e. The SMILES string of the molecule is CC(Oc1ccc(O)cc1)C(=O)NCCNC(=O)c1ccc(Cl)c(Cl)c1. The van der Waals surface area contributed by atoms with E-state index in [0.29, 0.717) is 21.4 Å². The maximum absolute atomic E-state index is 12.0. The molecule has 0 radical (unpaired) electrons. The van der Waals surface area contributed by atoms with Crippen LogP contribution in [0.3, 0.4) is 0 Å². The lowest BCUT2D eigenvalue weighted by atomic mass is 10.2. The number of phenols is 1. The van der Waals surface area contributed by atoms with Crippen LogP contribution in [0.25, 0.3) is 0 Å². The van der Waals surface area contributed by atoms with E-state index in [1.54, 1.807) is 31.2 Å². The lowest BCUT2D eigenvalue weighted by Crippen LogP contribution is -2.40. The number of halogens is 2. The van der Waals surface area contributed by atoms with E-state index in [1.165, 1.54) is 18.2 Å². The summed E-state index contributed by atoms with van der Waals surface area (Å²) in [5.74, 6) is -0.0430. The molecule has 26 heavy (non-hydrogen) atoms. The van der Waals surface area contributed by atoms with Crippen LogP contribution in [-0.4, -0.2) is 36.1 Å². The van der Waals surface area contributed by atoms with E-state index in [9.17, 15) is 14.7 Å². The van der Waals surface area contributed by atoms with Crippen molar-refractivity contribution in [2.24, 2.45) is 0 Å². The van der Waals surface area contributed by atoms with Gasteiger partial charge in [0.25, 0.3) is 11.8 Å². The van der Waals surface area contributed by atoms with Crippen molar-refractivity contribution < 1.29 is 19.4 Å². The molecule has 6 nitrogen and oxygen atoms in total. The van der Waals surface area contributed by atoms with E-state index in [0.717, 1.165) is 0 Å². The molecule has 8 heteroatoms.